The van der Waals surface area contributed by atoms with E-state index in [9.17, 15) is 19.3 Å². The van der Waals surface area contributed by atoms with E-state index in [1.807, 2.05) is 30.3 Å². The number of carbonyl (C=O) groups is 1. The fourth-order valence-electron chi connectivity index (χ4n) is 3.60. The van der Waals surface area contributed by atoms with Crippen LogP contribution in [-0.4, -0.2) is 40.0 Å². The summed E-state index contributed by atoms with van der Waals surface area (Å²) >= 11 is 0. The number of nitro benzene ring substituents is 1. The van der Waals surface area contributed by atoms with Crippen LogP contribution in [0.15, 0.2) is 42.5 Å². The highest BCUT2D eigenvalue weighted by Crippen LogP contribution is 2.44. The summed E-state index contributed by atoms with van der Waals surface area (Å²) < 4.78 is 26.7. The maximum Gasteiger partial charge on any atom is 0.406 e. The van der Waals surface area contributed by atoms with Crippen LogP contribution >= 0.6 is 0 Å². The highest BCUT2D eigenvalue weighted by molar-refractivity contribution is 6.74. The van der Waals surface area contributed by atoms with E-state index in [0.29, 0.717) is 19.4 Å². The van der Waals surface area contributed by atoms with Crippen LogP contribution in [0.4, 0.5) is 20.6 Å². The number of rotatable bonds is 11. The van der Waals surface area contributed by atoms with Gasteiger partial charge >= 0.3 is 6.09 Å². The lowest BCUT2D eigenvalue weighted by Gasteiger charge is -2.39. The van der Waals surface area contributed by atoms with Gasteiger partial charge < -0.3 is 19.4 Å². The van der Waals surface area contributed by atoms with Gasteiger partial charge in [-0.3, -0.25) is 10.1 Å². The zero-order valence-electron chi connectivity index (χ0n) is 22.3. The van der Waals surface area contributed by atoms with Crippen LogP contribution in [-0.2, 0) is 15.7 Å². The Bertz CT molecular complexity index is 1040. The summed E-state index contributed by atoms with van der Waals surface area (Å²) in [5.41, 5.74) is 1.15. The molecule has 8 nitrogen and oxygen atoms in total. The summed E-state index contributed by atoms with van der Waals surface area (Å²) in [4.78, 5) is 25.0. The average Bonchev–Trinajstić information content (AvgIpc) is 2.79. The van der Waals surface area contributed by atoms with Gasteiger partial charge in [-0.25, -0.2) is 9.18 Å². The Balaban J connectivity index is 2.51. The van der Waals surface area contributed by atoms with Crippen LogP contribution in [0, 0.1) is 15.9 Å². The summed E-state index contributed by atoms with van der Waals surface area (Å²) in [6.45, 7) is 10.8. The summed E-state index contributed by atoms with van der Waals surface area (Å²) in [6, 6.07) is 11.9. The molecule has 1 atom stereocenters. The van der Waals surface area contributed by atoms with Gasteiger partial charge in [0.05, 0.1) is 23.2 Å². The summed E-state index contributed by atoms with van der Waals surface area (Å²) in [5, 5.41) is 14.6. The molecule has 2 aromatic rings. The summed E-state index contributed by atoms with van der Waals surface area (Å²) in [5.74, 6) is -0.573. The average molecular weight is 520 g/mol. The lowest BCUT2D eigenvalue weighted by molar-refractivity contribution is -0.385. The Hall–Kier alpha value is -2.98. The number of nitro groups is 1. The van der Waals surface area contributed by atoms with E-state index in [4.69, 9.17) is 9.16 Å². The largest absolute Gasteiger partial charge is 0.450 e. The van der Waals surface area contributed by atoms with E-state index in [1.54, 1.807) is 11.9 Å². The molecule has 0 saturated heterocycles. The predicted octanol–water partition coefficient (Wildman–Crippen LogP) is 6.57. The Morgan fingerprint density at radius 3 is 2.42 bits per heavy atom. The van der Waals surface area contributed by atoms with Crippen molar-refractivity contribution >= 4 is 25.8 Å². The number of benzene rings is 2. The molecule has 0 spiro atoms. The minimum absolute atomic E-state index is 0.112. The van der Waals surface area contributed by atoms with Crippen molar-refractivity contribution in [2.24, 2.45) is 0 Å². The van der Waals surface area contributed by atoms with Gasteiger partial charge in [0, 0.05) is 26.7 Å². The predicted molar refractivity (Wildman–Crippen MR) is 142 cm³/mol. The van der Waals surface area contributed by atoms with Crippen LogP contribution < -0.4 is 10.2 Å². The summed E-state index contributed by atoms with van der Waals surface area (Å²) in [6.07, 6.45) is -0.567. The fraction of sp³-hybridized carbons (Fsp3) is 0.500. The Morgan fingerprint density at radius 2 is 1.86 bits per heavy atom. The first-order chi connectivity index (χ1) is 16.8. The number of anilines is 1. The van der Waals surface area contributed by atoms with Crippen molar-refractivity contribution in [3.05, 3.63) is 69.5 Å². The van der Waals surface area contributed by atoms with Gasteiger partial charge in [-0.15, -0.1) is 0 Å². The number of nitrogens with zero attached hydrogens (tertiary/aromatic N) is 2. The van der Waals surface area contributed by atoms with Gasteiger partial charge in [0.15, 0.2) is 8.32 Å². The van der Waals surface area contributed by atoms with Gasteiger partial charge in [-0.05, 0) is 42.6 Å². The molecule has 2 rings (SSSR count). The number of ether oxygens (including phenoxy) is 1. The SMILES string of the molecule is CNC(=O)OCCCC(O[Si](C)(C)C(C)(C)C)c1cc(F)cc(N(C)Cc2ccccc2)c1[N+](=O)[O-]. The van der Waals surface area contributed by atoms with E-state index >= 15 is 0 Å². The maximum atomic E-state index is 15.0. The van der Waals surface area contributed by atoms with Crippen molar-refractivity contribution in [1.29, 1.82) is 0 Å². The molecule has 0 aromatic heterocycles. The molecule has 1 amide bonds. The van der Waals surface area contributed by atoms with Crippen molar-refractivity contribution in [2.75, 3.05) is 25.6 Å². The van der Waals surface area contributed by atoms with E-state index in [1.165, 1.54) is 19.2 Å². The number of halogens is 1. The molecule has 1 N–H and O–H groups in total. The van der Waals surface area contributed by atoms with Crippen molar-refractivity contribution in [2.45, 2.75) is 64.4 Å². The monoisotopic (exact) mass is 519 g/mol. The van der Waals surface area contributed by atoms with Crippen LogP contribution in [0.25, 0.3) is 0 Å². The third-order valence-electron chi connectivity index (χ3n) is 6.58. The number of amides is 1. The molecule has 0 heterocycles. The van der Waals surface area contributed by atoms with Crippen molar-refractivity contribution in [3.63, 3.8) is 0 Å². The molecule has 0 radical (unpaired) electrons. The minimum Gasteiger partial charge on any atom is -0.450 e. The fourth-order valence-corrected chi connectivity index (χ4v) is 4.91. The molecular formula is C26H38FN3O5Si. The Morgan fingerprint density at radius 1 is 1.22 bits per heavy atom. The lowest BCUT2D eigenvalue weighted by atomic mass is 10.0. The highest BCUT2D eigenvalue weighted by atomic mass is 28.4. The lowest BCUT2D eigenvalue weighted by Crippen LogP contribution is -2.42. The molecule has 0 bridgehead atoms. The van der Waals surface area contributed by atoms with E-state index in [2.05, 4.69) is 39.2 Å². The van der Waals surface area contributed by atoms with Gasteiger partial charge in [-0.1, -0.05) is 51.1 Å². The number of hydrogen-bond donors (Lipinski definition) is 1. The van der Waals surface area contributed by atoms with Crippen LogP contribution in [0.3, 0.4) is 0 Å². The normalized spacial score (nSPS) is 12.7. The van der Waals surface area contributed by atoms with Gasteiger partial charge in [-0.2, -0.15) is 0 Å². The third-order valence-corrected chi connectivity index (χ3v) is 11.1. The van der Waals surface area contributed by atoms with Crippen molar-refractivity contribution in [3.8, 4) is 0 Å². The first-order valence-corrected chi connectivity index (χ1v) is 14.9. The van der Waals surface area contributed by atoms with Crippen LogP contribution in [0.2, 0.25) is 18.1 Å². The second-order valence-electron chi connectivity index (χ2n) is 10.4. The summed E-state index contributed by atoms with van der Waals surface area (Å²) in [7, 11) is 0.776. The zero-order valence-corrected chi connectivity index (χ0v) is 23.3. The van der Waals surface area contributed by atoms with Crippen molar-refractivity contribution in [1.82, 2.24) is 5.32 Å². The molecule has 10 heteroatoms. The molecule has 0 saturated carbocycles. The second-order valence-corrected chi connectivity index (χ2v) is 15.1. The molecule has 198 valence electrons. The first-order valence-electron chi connectivity index (χ1n) is 12.0. The van der Waals surface area contributed by atoms with Crippen molar-refractivity contribution < 1.29 is 23.3 Å². The quantitative estimate of drug-likeness (QED) is 0.156. The molecule has 2 aromatic carbocycles. The van der Waals surface area contributed by atoms with Gasteiger partial charge in [0.1, 0.15) is 11.5 Å². The molecule has 1 unspecified atom stereocenters. The van der Waals surface area contributed by atoms with E-state index in [0.717, 1.165) is 5.56 Å². The smallest absolute Gasteiger partial charge is 0.406 e. The second kappa shape index (κ2) is 12.3. The Kier molecular flexibility index (Phi) is 10.0. The van der Waals surface area contributed by atoms with Gasteiger partial charge in [0.25, 0.3) is 5.69 Å². The minimum atomic E-state index is -2.40. The molecule has 0 aliphatic carbocycles. The van der Waals surface area contributed by atoms with E-state index in [-0.39, 0.29) is 28.6 Å². The van der Waals surface area contributed by atoms with Gasteiger partial charge in [0.2, 0.25) is 0 Å². The number of hydrogen-bond acceptors (Lipinski definition) is 6. The third kappa shape index (κ3) is 7.76. The number of carbonyl (C=O) groups excluding carboxylic acids is 1. The molecular weight excluding hydrogens is 481 g/mol. The first kappa shape index (κ1) is 29.2. The van der Waals surface area contributed by atoms with E-state index < -0.39 is 31.3 Å². The molecule has 0 aliphatic rings. The highest BCUT2D eigenvalue weighted by Gasteiger charge is 2.41. The molecule has 36 heavy (non-hydrogen) atoms. The molecule has 0 fully saturated rings. The number of alkyl carbamates (subject to hydrolysis) is 1. The Labute approximate surface area is 214 Å². The zero-order chi connectivity index (χ0) is 27.1. The van der Waals surface area contributed by atoms with Crippen LogP contribution in [0.5, 0.6) is 0 Å². The molecule has 0 aliphatic heterocycles. The standard InChI is InChI=1S/C26H38FN3O5Si/c1-26(2,3)36(6,7)35-23(14-11-15-34-25(31)28-4)21-16-20(27)17-22(24(21)30(32)33)29(5)18-19-12-9-8-10-13-19/h8-10,12-13,16-17,23H,11,14-15,18H2,1-7H3,(H,28,31). The maximum absolute atomic E-state index is 15.0. The van der Waals surface area contributed by atoms with Crippen LogP contribution in [0.1, 0.15) is 50.8 Å². The number of nitrogens with one attached hydrogen (secondary N) is 1. The topological polar surface area (TPSA) is 93.9 Å².